The van der Waals surface area contributed by atoms with Gasteiger partial charge < -0.3 is 0 Å². The monoisotopic (exact) mass is 561 g/mol. The molecule has 0 atom stereocenters. The molecule has 9 heteroatoms. The number of hydrogen-bond acceptors (Lipinski definition) is 8. The van der Waals surface area contributed by atoms with E-state index in [2.05, 4.69) is 47.5 Å². The van der Waals surface area contributed by atoms with E-state index in [0.717, 1.165) is 38.5 Å². The van der Waals surface area contributed by atoms with Crippen molar-refractivity contribution >= 4 is 11.3 Å². The number of pyridine rings is 3. The summed E-state index contributed by atoms with van der Waals surface area (Å²) in [5.74, 6) is -0.366. The van der Waals surface area contributed by atoms with Gasteiger partial charge in [0, 0.05) is 35.0 Å². The second-order valence-electron chi connectivity index (χ2n) is 9.17. The first-order valence-electron chi connectivity index (χ1n) is 12.8. The Kier molecular flexibility index (Phi) is 15.6. The molecule has 212 valence electrons. The van der Waals surface area contributed by atoms with Crippen LogP contribution >= 0.6 is 11.3 Å². The van der Waals surface area contributed by atoms with E-state index in [0.29, 0.717) is 5.56 Å². The molecule has 0 N–H and O–H groups in total. The molecule has 40 heavy (non-hydrogen) atoms. The molecule has 0 fully saturated rings. The van der Waals surface area contributed by atoms with Crippen LogP contribution in [0.1, 0.15) is 55.2 Å². The zero-order valence-electron chi connectivity index (χ0n) is 25.2. The standard InChI is InChI=1S/C7H8FN.2C7H9N.C6H8N2.C4H6N2S/c1-5-3-4-6(2)9-7(5)8;2*1-6-3-4-7(2)8-5-6;1-5-3-4-6(2)8-7-5;1-3-5-6-4(2)7-3/h3-4H,1-2H3;2*3-5H,1-2H3;3-4H,1-2H3;1-2H3. The average Bonchev–Trinajstić information content (AvgIpc) is 3.31. The smallest absolute Gasteiger partial charge is 0.215 e. The summed E-state index contributed by atoms with van der Waals surface area (Å²) in [6, 6.07) is 15.5. The zero-order chi connectivity index (χ0) is 30.1. The lowest BCUT2D eigenvalue weighted by atomic mass is 10.3. The van der Waals surface area contributed by atoms with Crippen molar-refractivity contribution in [3.8, 4) is 0 Å². The third kappa shape index (κ3) is 16.1. The molecule has 0 spiro atoms. The van der Waals surface area contributed by atoms with E-state index in [1.54, 1.807) is 37.3 Å². The Morgan fingerprint density at radius 1 is 0.475 bits per heavy atom. The predicted molar refractivity (Wildman–Crippen MR) is 162 cm³/mol. The molecule has 0 unspecified atom stereocenters. The molecular weight excluding hydrogens is 521 g/mol. The van der Waals surface area contributed by atoms with Gasteiger partial charge >= 0.3 is 0 Å². The minimum atomic E-state index is -0.366. The van der Waals surface area contributed by atoms with Crippen molar-refractivity contribution in [3.63, 3.8) is 0 Å². The fourth-order valence-corrected chi connectivity index (χ4v) is 3.13. The molecule has 0 bridgehead atoms. The van der Waals surface area contributed by atoms with Crippen LogP contribution in [0, 0.1) is 75.2 Å². The third-order valence-electron chi connectivity index (χ3n) is 4.85. The fraction of sp³-hybridized carbons (Fsp3) is 0.323. The first kappa shape index (κ1) is 34.0. The summed E-state index contributed by atoms with van der Waals surface area (Å²) in [5.41, 5.74) is 7.85. The van der Waals surface area contributed by atoms with Crippen LogP contribution < -0.4 is 0 Å². The van der Waals surface area contributed by atoms with Gasteiger partial charge in [-0.15, -0.1) is 21.5 Å². The van der Waals surface area contributed by atoms with Crippen LogP contribution in [-0.2, 0) is 0 Å². The summed E-state index contributed by atoms with van der Waals surface area (Å²) in [5, 5.41) is 17.3. The minimum Gasteiger partial charge on any atom is -0.261 e. The van der Waals surface area contributed by atoms with Gasteiger partial charge in [-0.25, -0.2) is 4.98 Å². The lowest BCUT2D eigenvalue weighted by Gasteiger charge is -1.93. The molecule has 0 saturated heterocycles. The third-order valence-corrected chi connectivity index (χ3v) is 5.61. The van der Waals surface area contributed by atoms with Crippen molar-refractivity contribution in [2.24, 2.45) is 0 Å². The molecule has 0 aliphatic carbocycles. The van der Waals surface area contributed by atoms with E-state index < -0.39 is 0 Å². The van der Waals surface area contributed by atoms with Gasteiger partial charge in [0.25, 0.3) is 0 Å². The number of nitrogens with zero attached hydrogens (tertiary/aromatic N) is 7. The van der Waals surface area contributed by atoms with E-state index in [4.69, 9.17) is 0 Å². The minimum absolute atomic E-state index is 0.366. The highest BCUT2D eigenvalue weighted by Crippen LogP contribution is 2.04. The van der Waals surface area contributed by atoms with Crippen molar-refractivity contribution in [2.45, 2.75) is 69.2 Å². The highest BCUT2D eigenvalue weighted by molar-refractivity contribution is 7.11. The Balaban J connectivity index is 0.000000250. The highest BCUT2D eigenvalue weighted by Gasteiger charge is 1.95. The van der Waals surface area contributed by atoms with Crippen molar-refractivity contribution in [3.05, 3.63) is 122 Å². The number of rotatable bonds is 0. The SMILES string of the molecule is Cc1ccc(C)c(F)n1.Cc1ccc(C)nc1.Cc1ccc(C)nc1.Cc1ccc(C)nn1.Cc1nnc(C)s1. The van der Waals surface area contributed by atoms with Crippen molar-refractivity contribution in [1.82, 2.24) is 35.3 Å². The van der Waals surface area contributed by atoms with Crippen LogP contribution in [0.3, 0.4) is 0 Å². The largest absolute Gasteiger partial charge is 0.261 e. The molecule has 0 radical (unpaired) electrons. The van der Waals surface area contributed by atoms with Gasteiger partial charge in [0.15, 0.2) is 0 Å². The summed E-state index contributed by atoms with van der Waals surface area (Å²) in [6.45, 7) is 19.2. The first-order chi connectivity index (χ1) is 18.8. The summed E-state index contributed by atoms with van der Waals surface area (Å²) in [7, 11) is 0. The Bertz CT molecular complexity index is 1200. The van der Waals surface area contributed by atoms with Gasteiger partial charge in [0.2, 0.25) is 5.95 Å². The maximum Gasteiger partial charge on any atom is 0.215 e. The number of aromatic nitrogens is 7. The molecule has 0 aliphatic rings. The summed E-state index contributed by atoms with van der Waals surface area (Å²) in [4.78, 5) is 11.8. The first-order valence-corrected chi connectivity index (χ1v) is 13.6. The molecule has 0 amide bonds. The number of hydrogen-bond donors (Lipinski definition) is 0. The maximum absolute atomic E-state index is 12.5. The molecular formula is C31H40FN7S. The van der Waals surface area contributed by atoms with Crippen LogP contribution in [0.4, 0.5) is 4.39 Å². The molecule has 5 rings (SSSR count). The Labute approximate surface area is 242 Å². The van der Waals surface area contributed by atoms with Gasteiger partial charge in [0.05, 0.1) is 11.4 Å². The van der Waals surface area contributed by atoms with Crippen molar-refractivity contribution in [1.29, 1.82) is 0 Å². The van der Waals surface area contributed by atoms with Gasteiger partial charge in [-0.2, -0.15) is 14.6 Å². The topological polar surface area (TPSA) is 90.2 Å². The zero-order valence-corrected chi connectivity index (χ0v) is 26.0. The van der Waals surface area contributed by atoms with Gasteiger partial charge in [-0.3, -0.25) is 9.97 Å². The molecule has 0 aliphatic heterocycles. The van der Waals surface area contributed by atoms with Crippen LogP contribution in [0.2, 0.25) is 0 Å². The van der Waals surface area contributed by atoms with Crippen molar-refractivity contribution in [2.75, 3.05) is 0 Å². The lowest BCUT2D eigenvalue weighted by molar-refractivity contribution is 0.571. The Morgan fingerprint density at radius 3 is 1.12 bits per heavy atom. The van der Waals surface area contributed by atoms with Gasteiger partial charge in [0.1, 0.15) is 10.0 Å². The molecule has 0 aromatic carbocycles. The summed E-state index contributed by atoms with van der Waals surface area (Å²) in [6.07, 6.45) is 3.74. The Morgan fingerprint density at radius 2 is 0.875 bits per heavy atom. The fourth-order valence-electron chi connectivity index (χ4n) is 2.54. The number of halogens is 1. The van der Waals surface area contributed by atoms with E-state index in [1.807, 2.05) is 92.0 Å². The van der Waals surface area contributed by atoms with Gasteiger partial charge in [-0.1, -0.05) is 18.2 Å². The van der Waals surface area contributed by atoms with E-state index in [1.165, 1.54) is 11.1 Å². The van der Waals surface area contributed by atoms with Crippen LogP contribution in [0.25, 0.3) is 0 Å². The van der Waals surface area contributed by atoms with E-state index in [9.17, 15) is 4.39 Å². The quantitative estimate of drug-likeness (QED) is 0.181. The number of aryl methyl sites for hydroxylation is 10. The molecule has 5 aromatic rings. The van der Waals surface area contributed by atoms with Crippen LogP contribution in [0.5, 0.6) is 0 Å². The highest BCUT2D eigenvalue weighted by atomic mass is 32.1. The van der Waals surface area contributed by atoms with Crippen LogP contribution in [-0.4, -0.2) is 35.3 Å². The van der Waals surface area contributed by atoms with Gasteiger partial charge in [-0.05, 0) is 111 Å². The second kappa shape index (κ2) is 18.3. The van der Waals surface area contributed by atoms with E-state index in [-0.39, 0.29) is 5.95 Å². The molecule has 7 nitrogen and oxygen atoms in total. The molecule has 5 aromatic heterocycles. The summed E-state index contributed by atoms with van der Waals surface area (Å²) < 4.78 is 12.5. The second-order valence-corrected chi connectivity index (χ2v) is 10.6. The maximum atomic E-state index is 12.5. The Hall–Kier alpha value is -3.98. The van der Waals surface area contributed by atoms with Crippen molar-refractivity contribution < 1.29 is 4.39 Å². The molecule has 5 heterocycles. The van der Waals surface area contributed by atoms with E-state index >= 15 is 0 Å². The lowest BCUT2D eigenvalue weighted by Crippen LogP contribution is -1.88. The molecule has 0 saturated carbocycles. The normalized spacial score (nSPS) is 9.38. The predicted octanol–water partition coefficient (Wildman–Crippen LogP) is 7.48. The van der Waals surface area contributed by atoms with Crippen LogP contribution in [0.15, 0.2) is 60.9 Å². The average molecular weight is 562 g/mol. The summed E-state index contributed by atoms with van der Waals surface area (Å²) >= 11 is 1.62.